The highest BCUT2D eigenvalue weighted by Crippen LogP contribution is 2.20. The number of nitrogens with zero attached hydrogens (tertiary/aromatic N) is 1. The Morgan fingerprint density at radius 3 is 2.32 bits per heavy atom. The Morgan fingerprint density at radius 1 is 1.08 bits per heavy atom. The number of rotatable bonds is 5. The van der Waals surface area contributed by atoms with Crippen molar-refractivity contribution < 1.29 is 19.1 Å². The van der Waals surface area contributed by atoms with Crippen LogP contribution < -0.4 is 0 Å². The van der Waals surface area contributed by atoms with Crippen molar-refractivity contribution in [1.82, 2.24) is 4.90 Å². The van der Waals surface area contributed by atoms with E-state index in [1.165, 1.54) is 0 Å². The zero-order chi connectivity index (χ0) is 17.6. The summed E-state index contributed by atoms with van der Waals surface area (Å²) >= 11 is 0. The van der Waals surface area contributed by atoms with E-state index in [-0.39, 0.29) is 19.1 Å². The molecular weight excluding hydrogens is 318 g/mol. The molecule has 130 valence electrons. The maximum atomic E-state index is 12.6. The molecule has 1 heterocycles. The second kappa shape index (κ2) is 7.94. The zero-order valence-electron chi connectivity index (χ0n) is 14.1. The third-order valence-electron chi connectivity index (χ3n) is 4.23. The number of hydrogen-bond donors (Lipinski definition) is 0. The van der Waals surface area contributed by atoms with Gasteiger partial charge in [-0.05, 0) is 18.1 Å². The Labute approximate surface area is 147 Å². The summed E-state index contributed by atoms with van der Waals surface area (Å²) in [4.78, 5) is 26.5. The van der Waals surface area contributed by atoms with E-state index < -0.39 is 18.1 Å². The number of hydrogen-bond acceptors (Lipinski definition) is 4. The van der Waals surface area contributed by atoms with E-state index in [0.717, 1.165) is 11.1 Å². The lowest BCUT2D eigenvalue weighted by Crippen LogP contribution is -2.57. The summed E-state index contributed by atoms with van der Waals surface area (Å²) in [5, 5.41) is 0. The first-order valence-corrected chi connectivity index (χ1v) is 8.30. The van der Waals surface area contributed by atoms with Crippen LogP contribution in [0.25, 0.3) is 0 Å². The van der Waals surface area contributed by atoms with Crippen molar-refractivity contribution in [2.45, 2.75) is 32.2 Å². The van der Waals surface area contributed by atoms with Crippen molar-refractivity contribution in [3.8, 4) is 0 Å². The van der Waals surface area contributed by atoms with Gasteiger partial charge in [0.25, 0.3) is 0 Å². The third-order valence-corrected chi connectivity index (χ3v) is 4.23. The molecule has 0 N–H and O–H groups in total. The van der Waals surface area contributed by atoms with E-state index in [1.54, 1.807) is 11.8 Å². The summed E-state index contributed by atoms with van der Waals surface area (Å²) in [5.41, 5.74) is 1.87. The van der Waals surface area contributed by atoms with Gasteiger partial charge in [0.15, 0.2) is 6.04 Å². The highest BCUT2D eigenvalue weighted by atomic mass is 16.5. The topological polar surface area (TPSA) is 55.8 Å². The van der Waals surface area contributed by atoms with E-state index in [9.17, 15) is 9.59 Å². The standard InChI is InChI=1S/C20H21NO4/c1-15-19(20(23)25-13-17-10-6-3-7-11-17)21(18(22)14-24-15)12-16-8-4-2-5-9-16/h2-11,15,19H,12-14H2,1H3. The predicted octanol–water partition coefficient (Wildman–Crippen LogP) is 2.55. The van der Waals surface area contributed by atoms with Gasteiger partial charge >= 0.3 is 5.97 Å². The van der Waals surface area contributed by atoms with Crippen LogP contribution in [-0.4, -0.2) is 35.5 Å². The minimum absolute atomic E-state index is 0.0174. The largest absolute Gasteiger partial charge is 0.459 e. The molecule has 2 unspecified atom stereocenters. The SMILES string of the molecule is CC1OCC(=O)N(Cc2ccccc2)C1C(=O)OCc1ccccc1. The molecule has 0 aromatic heterocycles. The first-order valence-electron chi connectivity index (χ1n) is 8.30. The first-order chi connectivity index (χ1) is 12.1. The predicted molar refractivity (Wildman–Crippen MR) is 92.4 cm³/mol. The van der Waals surface area contributed by atoms with Crippen LogP contribution in [0.4, 0.5) is 0 Å². The molecule has 0 spiro atoms. The van der Waals surface area contributed by atoms with Crippen LogP contribution in [0.1, 0.15) is 18.1 Å². The molecule has 2 aromatic rings. The molecule has 1 amide bonds. The number of amides is 1. The molecule has 1 aliphatic heterocycles. The minimum atomic E-state index is -0.745. The molecule has 1 saturated heterocycles. The van der Waals surface area contributed by atoms with Crippen LogP contribution in [0.2, 0.25) is 0 Å². The molecule has 5 heteroatoms. The Balaban J connectivity index is 1.72. The van der Waals surface area contributed by atoms with Gasteiger partial charge in [-0.2, -0.15) is 0 Å². The Morgan fingerprint density at radius 2 is 1.68 bits per heavy atom. The Hall–Kier alpha value is -2.66. The van der Waals surface area contributed by atoms with Crippen LogP contribution in [0.3, 0.4) is 0 Å². The normalized spacial score (nSPS) is 20.4. The molecule has 5 nitrogen and oxygen atoms in total. The molecule has 0 aliphatic carbocycles. The van der Waals surface area contributed by atoms with Crippen LogP contribution in [0, 0.1) is 0 Å². The third kappa shape index (κ3) is 4.25. The summed E-state index contributed by atoms with van der Waals surface area (Å²) in [7, 11) is 0. The van der Waals surface area contributed by atoms with Crippen LogP contribution in [-0.2, 0) is 32.2 Å². The number of ether oxygens (including phenoxy) is 2. The Kier molecular flexibility index (Phi) is 5.46. The van der Waals surface area contributed by atoms with Gasteiger partial charge in [0.2, 0.25) is 5.91 Å². The van der Waals surface area contributed by atoms with Crippen molar-refractivity contribution in [3.05, 3.63) is 71.8 Å². The van der Waals surface area contributed by atoms with Crippen LogP contribution >= 0.6 is 0 Å². The van der Waals surface area contributed by atoms with Gasteiger partial charge in [-0.25, -0.2) is 4.79 Å². The Bertz CT molecular complexity index is 717. The van der Waals surface area contributed by atoms with E-state index >= 15 is 0 Å². The molecule has 0 radical (unpaired) electrons. The number of morpholine rings is 1. The molecule has 1 fully saturated rings. The van der Waals surface area contributed by atoms with E-state index in [4.69, 9.17) is 9.47 Å². The van der Waals surface area contributed by atoms with Crippen molar-refractivity contribution in [2.24, 2.45) is 0 Å². The summed E-state index contributed by atoms with van der Waals surface area (Å²) in [5.74, 6) is -0.649. The first kappa shape index (κ1) is 17.2. The highest BCUT2D eigenvalue weighted by molar-refractivity contribution is 5.86. The smallest absolute Gasteiger partial charge is 0.331 e. The number of carbonyl (C=O) groups is 2. The fourth-order valence-corrected chi connectivity index (χ4v) is 2.88. The second-order valence-corrected chi connectivity index (χ2v) is 6.06. The molecule has 2 atom stereocenters. The molecule has 2 aromatic carbocycles. The van der Waals surface area contributed by atoms with Crippen molar-refractivity contribution in [2.75, 3.05) is 6.61 Å². The summed E-state index contributed by atoms with van der Waals surface area (Å²) < 4.78 is 10.9. The van der Waals surface area contributed by atoms with Gasteiger partial charge in [-0.15, -0.1) is 0 Å². The number of esters is 1. The molecule has 25 heavy (non-hydrogen) atoms. The summed E-state index contributed by atoms with van der Waals surface area (Å²) in [6, 6.07) is 18.3. The highest BCUT2D eigenvalue weighted by Gasteiger charge is 2.40. The van der Waals surface area contributed by atoms with Gasteiger partial charge in [0.05, 0.1) is 6.10 Å². The quantitative estimate of drug-likeness (QED) is 0.786. The lowest BCUT2D eigenvalue weighted by molar-refractivity contribution is -0.175. The molecule has 0 bridgehead atoms. The number of carbonyl (C=O) groups excluding carboxylic acids is 2. The second-order valence-electron chi connectivity index (χ2n) is 6.06. The lowest BCUT2D eigenvalue weighted by Gasteiger charge is -2.38. The maximum Gasteiger partial charge on any atom is 0.331 e. The molecule has 3 rings (SSSR count). The zero-order valence-corrected chi connectivity index (χ0v) is 14.1. The van der Waals surface area contributed by atoms with Gasteiger partial charge in [0.1, 0.15) is 13.2 Å². The molecular formula is C20H21NO4. The van der Waals surface area contributed by atoms with E-state index in [0.29, 0.717) is 6.54 Å². The lowest BCUT2D eigenvalue weighted by atomic mass is 10.1. The van der Waals surface area contributed by atoms with Crippen molar-refractivity contribution >= 4 is 11.9 Å². The average Bonchev–Trinajstić information content (AvgIpc) is 2.65. The van der Waals surface area contributed by atoms with E-state index in [2.05, 4.69) is 0 Å². The molecule has 1 aliphatic rings. The minimum Gasteiger partial charge on any atom is -0.459 e. The molecule has 0 saturated carbocycles. The maximum absolute atomic E-state index is 12.6. The van der Waals surface area contributed by atoms with Crippen LogP contribution in [0.15, 0.2) is 60.7 Å². The fraction of sp³-hybridized carbons (Fsp3) is 0.300. The van der Waals surface area contributed by atoms with Crippen molar-refractivity contribution in [3.63, 3.8) is 0 Å². The number of benzene rings is 2. The fourth-order valence-electron chi connectivity index (χ4n) is 2.88. The monoisotopic (exact) mass is 339 g/mol. The van der Waals surface area contributed by atoms with Gasteiger partial charge in [-0.3, -0.25) is 4.79 Å². The van der Waals surface area contributed by atoms with E-state index in [1.807, 2.05) is 60.7 Å². The van der Waals surface area contributed by atoms with Gasteiger partial charge < -0.3 is 14.4 Å². The average molecular weight is 339 g/mol. The van der Waals surface area contributed by atoms with Crippen molar-refractivity contribution in [1.29, 1.82) is 0 Å². The van der Waals surface area contributed by atoms with Crippen LogP contribution in [0.5, 0.6) is 0 Å². The summed E-state index contributed by atoms with van der Waals surface area (Å²) in [6.07, 6.45) is -0.412. The van der Waals surface area contributed by atoms with Gasteiger partial charge in [0, 0.05) is 6.54 Å². The van der Waals surface area contributed by atoms with Gasteiger partial charge in [-0.1, -0.05) is 60.7 Å². The summed E-state index contributed by atoms with van der Waals surface area (Å²) in [6.45, 7) is 2.31.